The van der Waals surface area contributed by atoms with Gasteiger partial charge in [-0.15, -0.1) is 0 Å². The number of benzene rings is 2. The first-order valence-corrected chi connectivity index (χ1v) is 10.8. The van der Waals surface area contributed by atoms with Gasteiger partial charge in [-0.25, -0.2) is 0 Å². The maximum atomic E-state index is 12.8. The molecular formula is C24H26ClN3O3. The van der Waals surface area contributed by atoms with E-state index in [4.69, 9.17) is 21.1 Å². The van der Waals surface area contributed by atoms with Crippen molar-refractivity contribution in [1.29, 1.82) is 0 Å². The number of carbonyl (C=O) groups excluding carboxylic acids is 1. The molecular weight excluding hydrogens is 414 g/mol. The number of pyridine rings is 1. The van der Waals surface area contributed by atoms with E-state index in [0.717, 1.165) is 42.3 Å². The summed E-state index contributed by atoms with van der Waals surface area (Å²) in [6.45, 7) is 0. The molecule has 3 aromatic rings. The average molecular weight is 440 g/mol. The molecule has 0 atom stereocenters. The summed E-state index contributed by atoms with van der Waals surface area (Å²) in [5.41, 5.74) is 2.47. The molecule has 2 N–H and O–H groups in total. The van der Waals surface area contributed by atoms with Crippen molar-refractivity contribution in [3.8, 4) is 11.5 Å². The minimum atomic E-state index is -0.118. The predicted octanol–water partition coefficient (Wildman–Crippen LogP) is 5.06. The molecule has 162 valence electrons. The molecule has 1 aromatic heterocycles. The minimum absolute atomic E-state index is 0.118. The van der Waals surface area contributed by atoms with Gasteiger partial charge in [0.1, 0.15) is 11.5 Å². The molecule has 1 saturated carbocycles. The van der Waals surface area contributed by atoms with E-state index >= 15 is 0 Å². The van der Waals surface area contributed by atoms with E-state index in [0.29, 0.717) is 28.1 Å². The van der Waals surface area contributed by atoms with Gasteiger partial charge in [0.15, 0.2) is 0 Å². The Labute approximate surface area is 186 Å². The number of rotatable bonds is 6. The molecule has 0 aliphatic heterocycles. The first kappa shape index (κ1) is 21.2. The van der Waals surface area contributed by atoms with Crippen molar-refractivity contribution in [3.63, 3.8) is 0 Å². The average Bonchev–Trinajstić information content (AvgIpc) is 2.79. The lowest BCUT2D eigenvalue weighted by molar-refractivity contribution is 0.0923. The molecule has 1 amide bonds. The fraction of sp³-hybridized carbons (Fsp3) is 0.333. The van der Waals surface area contributed by atoms with E-state index in [2.05, 4.69) is 15.6 Å². The normalized spacial score (nSPS) is 18.4. The van der Waals surface area contributed by atoms with Gasteiger partial charge in [-0.2, -0.15) is 0 Å². The molecule has 7 heteroatoms. The van der Waals surface area contributed by atoms with Crippen LogP contribution in [0.5, 0.6) is 11.5 Å². The summed E-state index contributed by atoms with van der Waals surface area (Å²) in [6, 6.07) is 13.5. The van der Waals surface area contributed by atoms with Crippen LogP contribution in [0.4, 0.5) is 5.69 Å². The van der Waals surface area contributed by atoms with E-state index in [-0.39, 0.29) is 11.9 Å². The van der Waals surface area contributed by atoms with E-state index in [9.17, 15) is 4.79 Å². The van der Waals surface area contributed by atoms with Crippen LogP contribution < -0.4 is 20.1 Å². The van der Waals surface area contributed by atoms with Gasteiger partial charge in [0, 0.05) is 40.4 Å². The number of fused-ring (bicyclic) bond motifs is 1. The van der Waals surface area contributed by atoms with E-state index in [1.807, 2.05) is 24.3 Å². The van der Waals surface area contributed by atoms with Crippen LogP contribution in [0, 0.1) is 0 Å². The van der Waals surface area contributed by atoms with Crippen molar-refractivity contribution in [2.75, 3.05) is 19.5 Å². The zero-order chi connectivity index (χ0) is 21.8. The van der Waals surface area contributed by atoms with Crippen LogP contribution in [0.15, 0.2) is 48.7 Å². The SMILES string of the molecule is COc1ccc(C(=O)NC2CCC(Nc3ccnc4cc(Cl)ccc34)CC2)c(OC)c1. The predicted molar refractivity (Wildman–Crippen MR) is 123 cm³/mol. The van der Waals surface area contributed by atoms with Gasteiger partial charge in [-0.3, -0.25) is 9.78 Å². The monoisotopic (exact) mass is 439 g/mol. The fourth-order valence-electron chi connectivity index (χ4n) is 4.10. The fourth-order valence-corrected chi connectivity index (χ4v) is 4.26. The van der Waals surface area contributed by atoms with Gasteiger partial charge in [0.25, 0.3) is 5.91 Å². The number of methoxy groups -OCH3 is 2. The molecule has 0 saturated heterocycles. The topological polar surface area (TPSA) is 72.5 Å². The third-order valence-corrected chi connectivity index (χ3v) is 6.02. The Bertz CT molecular complexity index is 1080. The number of hydrogen-bond donors (Lipinski definition) is 2. The lowest BCUT2D eigenvalue weighted by atomic mass is 9.90. The summed E-state index contributed by atoms with van der Waals surface area (Å²) < 4.78 is 10.6. The van der Waals surface area contributed by atoms with Gasteiger partial charge in [-0.05, 0) is 62.1 Å². The second-order valence-electron chi connectivity index (χ2n) is 7.75. The third kappa shape index (κ3) is 4.85. The van der Waals surface area contributed by atoms with Gasteiger partial charge in [0.2, 0.25) is 0 Å². The molecule has 4 rings (SSSR count). The molecule has 0 unspecified atom stereocenters. The van der Waals surface area contributed by atoms with Crippen LogP contribution >= 0.6 is 11.6 Å². The number of ether oxygens (including phenoxy) is 2. The summed E-state index contributed by atoms with van der Waals surface area (Å²) in [5.74, 6) is 1.05. The van der Waals surface area contributed by atoms with Gasteiger partial charge in [-0.1, -0.05) is 11.6 Å². The van der Waals surface area contributed by atoms with Crippen molar-refractivity contribution in [3.05, 3.63) is 59.2 Å². The van der Waals surface area contributed by atoms with Crippen molar-refractivity contribution in [2.45, 2.75) is 37.8 Å². The largest absolute Gasteiger partial charge is 0.497 e. The zero-order valence-corrected chi connectivity index (χ0v) is 18.4. The molecule has 0 radical (unpaired) electrons. The quantitative estimate of drug-likeness (QED) is 0.561. The second kappa shape index (κ2) is 9.43. The smallest absolute Gasteiger partial charge is 0.255 e. The Morgan fingerprint density at radius 2 is 1.77 bits per heavy atom. The second-order valence-corrected chi connectivity index (χ2v) is 8.19. The number of carbonyl (C=O) groups is 1. The van der Waals surface area contributed by atoms with Crippen molar-refractivity contribution in [1.82, 2.24) is 10.3 Å². The summed E-state index contributed by atoms with van der Waals surface area (Å²) >= 11 is 6.09. The molecule has 1 fully saturated rings. The van der Waals surface area contributed by atoms with E-state index in [1.165, 1.54) is 0 Å². The number of aromatic nitrogens is 1. The molecule has 2 aromatic carbocycles. The van der Waals surface area contributed by atoms with Gasteiger partial charge in [0.05, 0.1) is 25.3 Å². The van der Waals surface area contributed by atoms with E-state index < -0.39 is 0 Å². The molecule has 0 spiro atoms. The summed E-state index contributed by atoms with van der Waals surface area (Å²) in [5, 5.41) is 8.55. The van der Waals surface area contributed by atoms with Crippen LogP contribution in [0.3, 0.4) is 0 Å². The van der Waals surface area contributed by atoms with Crippen molar-refractivity contribution < 1.29 is 14.3 Å². The van der Waals surface area contributed by atoms with Gasteiger partial charge >= 0.3 is 0 Å². The highest BCUT2D eigenvalue weighted by Gasteiger charge is 2.24. The highest BCUT2D eigenvalue weighted by Crippen LogP contribution is 2.29. The molecule has 1 heterocycles. The number of nitrogens with zero attached hydrogens (tertiary/aromatic N) is 1. The lowest BCUT2D eigenvalue weighted by Crippen LogP contribution is -2.40. The Morgan fingerprint density at radius 1 is 1.00 bits per heavy atom. The molecule has 31 heavy (non-hydrogen) atoms. The number of halogens is 1. The molecule has 1 aliphatic rings. The van der Waals surface area contributed by atoms with Crippen molar-refractivity contribution in [2.24, 2.45) is 0 Å². The van der Waals surface area contributed by atoms with Crippen LogP contribution in [0.2, 0.25) is 5.02 Å². The molecule has 6 nitrogen and oxygen atoms in total. The zero-order valence-electron chi connectivity index (χ0n) is 17.7. The summed E-state index contributed by atoms with van der Waals surface area (Å²) in [6.07, 6.45) is 5.58. The highest BCUT2D eigenvalue weighted by atomic mass is 35.5. The Hall–Kier alpha value is -2.99. The Morgan fingerprint density at radius 3 is 2.52 bits per heavy atom. The standard InChI is InChI=1S/C24H26ClN3O3/c1-30-18-8-10-20(23(14-18)31-2)24(29)28-17-6-4-16(5-7-17)27-21-11-12-26-22-13-15(25)3-9-19(21)22/h3,8-14,16-17H,4-7H2,1-2H3,(H,26,27)(H,28,29). The van der Waals surface area contributed by atoms with Crippen LogP contribution in [0.1, 0.15) is 36.0 Å². The first-order chi connectivity index (χ1) is 15.1. The Kier molecular flexibility index (Phi) is 6.47. The van der Waals surface area contributed by atoms with Crippen molar-refractivity contribution >= 4 is 34.1 Å². The molecule has 0 bridgehead atoms. The maximum Gasteiger partial charge on any atom is 0.255 e. The summed E-state index contributed by atoms with van der Waals surface area (Å²) in [7, 11) is 3.14. The third-order valence-electron chi connectivity index (χ3n) is 5.78. The number of nitrogens with one attached hydrogen (secondary N) is 2. The minimum Gasteiger partial charge on any atom is -0.497 e. The number of anilines is 1. The molecule has 1 aliphatic carbocycles. The first-order valence-electron chi connectivity index (χ1n) is 10.4. The van der Waals surface area contributed by atoms with Gasteiger partial charge < -0.3 is 20.1 Å². The van der Waals surface area contributed by atoms with E-state index in [1.54, 1.807) is 38.6 Å². The lowest BCUT2D eigenvalue weighted by Gasteiger charge is -2.30. The Balaban J connectivity index is 1.36. The van der Waals surface area contributed by atoms with Crippen LogP contribution in [-0.4, -0.2) is 37.2 Å². The number of amides is 1. The number of hydrogen-bond acceptors (Lipinski definition) is 5. The summed E-state index contributed by atoms with van der Waals surface area (Å²) in [4.78, 5) is 17.2. The highest BCUT2D eigenvalue weighted by molar-refractivity contribution is 6.31. The van der Waals surface area contributed by atoms with Crippen LogP contribution in [0.25, 0.3) is 10.9 Å². The maximum absolute atomic E-state index is 12.8. The van der Waals surface area contributed by atoms with Crippen LogP contribution in [-0.2, 0) is 0 Å².